The molecule has 0 bridgehead atoms. The summed E-state index contributed by atoms with van der Waals surface area (Å²) in [4.78, 5) is 24.2. The van der Waals surface area contributed by atoms with Gasteiger partial charge in [-0.15, -0.1) is 13.2 Å². The van der Waals surface area contributed by atoms with E-state index in [9.17, 15) is 22.8 Å². The van der Waals surface area contributed by atoms with Crippen molar-refractivity contribution in [3.63, 3.8) is 0 Å². The molecule has 0 radical (unpaired) electrons. The fourth-order valence-electron chi connectivity index (χ4n) is 2.52. The first kappa shape index (κ1) is 20.1. The molecular formula is C20H16F3N3O3. The van der Waals surface area contributed by atoms with Gasteiger partial charge in [0.05, 0.1) is 5.69 Å². The van der Waals surface area contributed by atoms with Crippen LogP contribution >= 0.6 is 0 Å². The van der Waals surface area contributed by atoms with Crippen LogP contribution < -0.4 is 15.6 Å². The van der Waals surface area contributed by atoms with Gasteiger partial charge in [-0.2, -0.15) is 5.10 Å². The summed E-state index contributed by atoms with van der Waals surface area (Å²) in [7, 11) is 0. The van der Waals surface area contributed by atoms with Crippen LogP contribution in [0.3, 0.4) is 0 Å². The van der Waals surface area contributed by atoms with Gasteiger partial charge in [-0.25, -0.2) is 4.68 Å². The monoisotopic (exact) mass is 403 g/mol. The molecule has 2 aromatic carbocycles. The molecule has 0 fully saturated rings. The predicted octanol–water partition coefficient (Wildman–Crippen LogP) is 3.76. The zero-order valence-electron chi connectivity index (χ0n) is 15.2. The molecule has 0 unspecified atom stereocenters. The standard InChI is InChI=1S/C20H16F3N3O3/c1-13-2-4-14(5-3-13)17-10-11-19(28)26(25-17)12-18(27)24-15-6-8-16(9-7-15)29-20(21,22)23/h2-11H,12H2,1H3,(H,24,27). The fraction of sp³-hybridized carbons (Fsp3) is 0.150. The van der Waals surface area contributed by atoms with Crippen molar-refractivity contribution in [1.29, 1.82) is 0 Å². The van der Waals surface area contributed by atoms with E-state index in [0.29, 0.717) is 5.69 Å². The van der Waals surface area contributed by atoms with Gasteiger partial charge in [-0.05, 0) is 37.3 Å². The number of aryl methyl sites for hydroxylation is 1. The number of rotatable bonds is 5. The maximum absolute atomic E-state index is 12.2. The summed E-state index contributed by atoms with van der Waals surface area (Å²) in [5.74, 6) is -0.954. The third kappa shape index (κ3) is 5.68. The SMILES string of the molecule is Cc1ccc(-c2ccc(=O)n(CC(=O)Nc3ccc(OC(F)(F)F)cc3)n2)cc1. The van der Waals surface area contributed by atoms with E-state index < -0.39 is 23.6 Å². The van der Waals surface area contributed by atoms with Crippen molar-refractivity contribution in [1.82, 2.24) is 9.78 Å². The quantitative estimate of drug-likeness (QED) is 0.704. The van der Waals surface area contributed by atoms with E-state index in [1.165, 1.54) is 18.2 Å². The molecule has 29 heavy (non-hydrogen) atoms. The van der Waals surface area contributed by atoms with Gasteiger partial charge in [-0.1, -0.05) is 29.8 Å². The molecule has 9 heteroatoms. The lowest BCUT2D eigenvalue weighted by Crippen LogP contribution is -2.29. The third-order valence-corrected chi connectivity index (χ3v) is 3.88. The van der Waals surface area contributed by atoms with Gasteiger partial charge in [0.15, 0.2) is 0 Å². The molecule has 0 aliphatic rings. The number of benzene rings is 2. The van der Waals surface area contributed by atoms with Crippen LogP contribution in [0.25, 0.3) is 11.3 Å². The number of amides is 1. The fourth-order valence-corrected chi connectivity index (χ4v) is 2.52. The number of halogens is 3. The van der Waals surface area contributed by atoms with E-state index >= 15 is 0 Å². The Morgan fingerprint density at radius 1 is 1.03 bits per heavy atom. The molecule has 6 nitrogen and oxygen atoms in total. The molecule has 1 amide bonds. The highest BCUT2D eigenvalue weighted by molar-refractivity contribution is 5.90. The molecule has 0 saturated heterocycles. The highest BCUT2D eigenvalue weighted by Gasteiger charge is 2.30. The van der Waals surface area contributed by atoms with Gasteiger partial charge >= 0.3 is 6.36 Å². The number of ether oxygens (including phenoxy) is 1. The van der Waals surface area contributed by atoms with Gasteiger partial charge in [-0.3, -0.25) is 9.59 Å². The summed E-state index contributed by atoms with van der Waals surface area (Å²) in [6.45, 7) is 1.60. The topological polar surface area (TPSA) is 73.2 Å². The number of nitrogens with zero attached hydrogens (tertiary/aromatic N) is 2. The molecule has 0 aliphatic carbocycles. The molecule has 3 rings (SSSR count). The number of aromatic nitrogens is 2. The average Bonchev–Trinajstić information content (AvgIpc) is 2.65. The Bertz CT molecular complexity index is 1060. The van der Waals surface area contributed by atoms with Crippen molar-refractivity contribution in [3.8, 4) is 17.0 Å². The van der Waals surface area contributed by atoms with Crippen molar-refractivity contribution in [2.45, 2.75) is 19.8 Å². The van der Waals surface area contributed by atoms with Crippen LogP contribution in [0.4, 0.5) is 18.9 Å². The number of carbonyl (C=O) groups excluding carboxylic acids is 1. The van der Waals surface area contributed by atoms with Gasteiger partial charge < -0.3 is 10.1 Å². The summed E-state index contributed by atoms with van der Waals surface area (Å²) < 4.78 is 41.3. The number of nitrogens with one attached hydrogen (secondary N) is 1. The minimum absolute atomic E-state index is 0.257. The molecule has 150 valence electrons. The number of hydrogen-bond donors (Lipinski definition) is 1. The number of hydrogen-bond acceptors (Lipinski definition) is 4. The zero-order chi connectivity index (χ0) is 21.0. The molecule has 1 aromatic heterocycles. The van der Waals surface area contributed by atoms with Crippen LogP contribution in [-0.4, -0.2) is 22.1 Å². The number of alkyl halides is 3. The zero-order valence-corrected chi connectivity index (χ0v) is 15.2. The Hall–Kier alpha value is -3.62. The number of anilines is 1. The summed E-state index contributed by atoms with van der Waals surface area (Å²) in [5.41, 5.74) is 2.21. The van der Waals surface area contributed by atoms with Crippen LogP contribution in [0.2, 0.25) is 0 Å². The van der Waals surface area contributed by atoms with E-state index in [2.05, 4.69) is 15.2 Å². The maximum atomic E-state index is 12.2. The second kappa shape index (κ2) is 8.17. The lowest BCUT2D eigenvalue weighted by Gasteiger charge is -2.10. The first-order valence-corrected chi connectivity index (χ1v) is 8.50. The number of carbonyl (C=O) groups is 1. The van der Waals surface area contributed by atoms with Crippen molar-refractivity contribution in [2.75, 3.05) is 5.32 Å². The second-order valence-electron chi connectivity index (χ2n) is 6.20. The Kier molecular flexibility index (Phi) is 5.67. The molecule has 0 atom stereocenters. The van der Waals surface area contributed by atoms with Gasteiger partial charge in [0.2, 0.25) is 5.91 Å². The van der Waals surface area contributed by atoms with Crippen molar-refractivity contribution in [3.05, 3.63) is 76.6 Å². The highest BCUT2D eigenvalue weighted by Crippen LogP contribution is 2.24. The van der Waals surface area contributed by atoms with Gasteiger partial charge in [0.25, 0.3) is 5.56 Å². The molecule has 1 heterocycles. The Labute approximate surface area is 163 Å². The average molecular weight is 403 g/mol. The maximum Gasteiger partial charge on any atom is 0.573 e. The third-order valence-electron chi connectivity index (χ3n) is 3.88. The Morgan fingerprint density at radius 2 is 1.69 bits per heavy atom. The van der Waals surface area contributed by atoms with Gasteiger partial charge in [0, 0.05) is 17.3 Å². The lowest BCUT2D eigenvalue weighted by atomic mass is 10.1. The van der Waals surface area contributed by atoms with Crippen LogP contribution in [-0.2, 0) is 11.3 Å². The van der Waals surface area contributed by atoms with Crippen molar-refractivity contribution < 1.29 is 22.7 Å². The van der Waals surface area contributed by atoms with Crippen molar-refractivity contribution >= 4 is 11.6 Å². The molecule has 0 saturated carbocycles. The summed E-state index contributed by atoms with van der Waals surface area (Å²) in [5, 5.41) is 6.71. The van der Waals surface area contributed by atoms with Crippen LogP contribution in [0.1, 0.15) is 5.56 Å². The molecule has 0 spiro atoms. The smallest absolute Gasteiger partial charge is 0.406 e. The van der Waals surface area contributed by atoms with Crippen LogP contribution in [0, 0.1) is 6.92 Å². The Balaban J connectivity index is 1.69. The minimum Gasteiger partial charge on any atom is -0.406 e. The van der Waals surface area contributed by atoms with E-state index in [0.717, 1.165) is 27.9 Å². The largest absolute Gasteiger partial charge is 0.573 e. The minimum atomic E-state index is -4.79. The molecule has 0 aliphatic heterocycles. The van der Waals surface area contributed by atoms with E-state index in [1.54, 1.807) is 6.07 Å². The highest BCUT2D eigenvalue weighted by atomic mass is 19.4. The molecule has 1 N–H and O–H groups in total. The van der Waals surface area contributed by atoms with Crippen LogP contribution in [0.5, 0.6) is 5.75 Å². The predicted molar refractivity (Wildman–Crippen MR) is 100 cm³/mol. The van der Waals surface area contributed by atoms with E-state index in [1.807, 2.05) is 31.2 Å². The first-order chi connectivity index (χ1) is 13.7. The summed E-state index contributed by atoms with van der Waals surface area (Å²) in [6.07, 6.45) is -4.79. The molecular weight excluding hydrogens is 387 g/mol. The van der Waals surface area contributed by atoms with E-state index in [4.69, 9.17) is 0 Å². The van der Waals surface area contributed by atoms with Gasteiger partial charge in [0.1, 0.15) is 12.3 Å². The van der Waals surface area contributed by atoms with Crippen LogP contribution in [0.15, 0.2) is 65.5 Å². The van der Waals surface area contributed by atoms with Crippen molar-refractivity contribution in [2.24, 2.45) is 0 Å². The Morgan fingerprint density at radius 3 is 2.31 bits per heavy atom. The lowest BCUT2D eigenvalue weighted by molar-refractivity contribution is -0.274. The summed E-state index contributed by atoms with van der Waals surface area (Å²) >= 11 is 0. The molecule has 3 aromatic rings. The normalized spacial score (nSPS) is 11.2. The van der Waals surface area contributed by atoms with E-state index in [-0.39, 0.29) is 12.2 Å². The summed E-state index contributed by atoms with van der Waals surface area (Å²) in [6, 6.07) is 15.1. The first-order valence-electron chi connectivity index (χ1n) is 8.50. The second-order valence-corrected chi connectivity index (χ2v) is 6.20.